The van der Waals surface area contributed by atoms with Gasteiger partial charge in [0.2, 0.25) is 0 Å². The molecule has 330 valence electrons. The fourth-order valence-electron chi connectivity index (χ4n) is 7.01. The van der Waals surface area contributed by atoms with E-state index in [4.69, 9.17) is 15.3 Å². The Bertz CT molecular complexity index is 526. The molecular weight excluding hydrogens is 700 g/mol. The zero-order valence-electron chi connectivity index (χ0n) is 37.6. The zero-order chi connectivity index (χ0) is 40.4. The first-order chi connectivity index (χ1) is 26.3. The predicted octanol–water partition coefficient (Wildman–Crippen LogP) is 12.1. The van der Waals surface area contributed by atoms with Gasteiger partial charge in [-0.15, -0.1) is 0 Å². The Labute approximate surface area is 356 Å². The fraction of sp³-hybridized carbons (Fsp3) is 1.00. The van der Waals surface area contributed by atoms with Crippen molar-refractivity contribution in [3.8, 4) is 0 Å². The Morgan fingerprint density at radius 1 is 0.236 bits per heavy atom. The average molecular weight is 799 g/mol. The molecule has 0 amide bonds. The monoisotopic (exact) mass is 799 g/mol. The summed E-state index contributed by atoms with van der Waals surface area (Å²) in [6.07, 6.45) is 48.3. The maximum Gasteiger partial charge on any atom is 3.00 e. The molecule has 0 spiro atoms. The van der Waals surface area contributed by atoms with E-state index in [0.29, 0.717) is 19.3 Å². The zero-order valence-corrected chi connectivity index (χ0v) is 38.7. The Balaban J connectivity index is -0.000000351. The van der Waals surface area contributed by atoms with Crippen LogP contribution in [-0.2, 0) is 0 Å². The maximum absolute atomic E-state index is 10.4. The van der Waals surface area contributed by atoms with Crippen LogP contribution in [0.4, 0.5) is 0 Å². The van der Waals surface area contributed by atoms with Crippen molar-refractivity contribution >= 4 is 17.4 Å². The van der Waals surface area contributed by atoms with E-state index in [-0.39, 0.29) is 17.4 Å². The van der Waals surface area contributed by atoms with Gasteiger partial charge in [0.15, 0.2) is 0 Å². The molecule has 6 nitrogen and oxygen atoms in total. The summed E-state index contributed by atoms with van der Waals surface area (Å²) in [6, 6.07) is 0. The minimum absolute atomic E-state index is 0. The molecule has 0 aromatic heterocycles. The average Bonchev–Trinajstić information content (AvgIpc) is 3.14. The van der Waals surface area contributed by atoms with Crippen molar-refractivity contribution in [3.63, 3.8) is 0 Å². The van der Waals surface area contributed by atoms with Crippen molar-refractivity contribution < 1.29 is 30.6 Å². The van der Waals surface area contributed by atoms with Crippen LogP contribution in [0.3, 0.4) is 0 Å². The first-order valence-electron chi connectivity index (χ1n) is 24.3. The topological polar surface area (TPSA) is 130 Å². The number of rotatable bonds is 42. The fourth-order valence-corrected chi connectivity index (χ4v) is 7.01. The molecule has 3 N–H and O–H groups in total. The van der Waals surface area contributed by atoms with Crippen molar-refractivity contribution in [2.75, 3.05) is 0 Å². The number of hydrogen-bond acceptors (Lipinski definition) is 6. The SMILES string of the molecule is CCCCCCCCCCCCCCCC([O-])O.CCCCCCCCCCCCCCCC([O-])O.CCCCCCCCCCCCCCCC([O-])O.[Al+3]. The van der Waals surface area contributed by atoms with Gasteiger partial charge < -0.3 is 30.6 Å². The van der Waals surface area contributed by atoms with E-state index >= 15 is 0 Å². The molecular formula is C48H99AlO6. The van der Waals surface area contributed by atoms with Gasteiger partial charge in [-0.05, 0) is 38.1 Å². The molecule has 3 atom stereocenters. The third-order valence-electron chi connectivity index (χ3n) is 10.7. The Kier molecular flexibility index (Phi) is 66.0. The molecule has 0 aliphatic heterocycles. The molecule has 3 unspecified atom stereocenters. The Morgan fingerprint density at radius 2 is 0.345 bits per heavy atom. The van der Waals surface area contributed by atoms with E-state index in [1.165, 1.54) is 212 Å². The quantitative estimate of drug-likeness (QED) is 0.0320. The molecule has 0 saturated heterocycles. The molecule has 0 aliphatic carbocycles. The normalized spacial score (nSPS) is 12.6. The summed E-state index contributed by atoms with van der Waals surface area (Å²) >= 11 is 0. The Morgan fingerprint density at radius 3 is 0.455 bits per heavy atom. The van der Waals surface area contributed by atoms with Crippen LogP contribution in [0.25, 0.3) is 0 Å². The van der Waals surface area contributed by atoms with Crippen LogP contribution < -0.4 is 15.3 Å². The molecule has 0 aromatic carbocycles. The van der Waals surface area contributed by atoms with Gasteiger partial charge in [-0.3, -0.25) is 0 Å². The number of aliphatic hydroxyl groups is 3. The minimum atomic E-state index is -1.35. The summed E-state index contributed by atoms with van der Waals surface area (Å²) in [5, 5.41) is 56.9. The summed E-state index contributed by atoms with van der Waals surface area (Å²) in [4.78, 5) is 0. The maximum atomic E-state index is 10.4. The van der Waals surface area contributed by atoms with Gasteiger partial charge in [-0.25, -0.2) is 0 Å². The van der Waals surface area contributed by atoms with Crippen molar-refractivity contribution in [1.82, 2.24) is 0 Å². The number of unbranched alkanes of at least 4 members (excludes halogenated alkanes) is 36. The van der Waals surface area contributed by atoms with E-state index in [9.17, 15) is 15.3 Å². The summed E-state index contributed by atoms with van der Waals surface area (Å²) < 4.78 is 0. The third-order valence-corrected chi connectivity index (χ3v) is 10.7. The summed E-state index contributed by atoms with van der Waals surface area (Å²) in [7, 11) is 0. The van der Waals surface area contributed by atoms with E-state index in [2.05, 4.69) is 20.8 Å². The van der Waals surface area contributed by atoms with Crippen LogP contribution in [0.2, 0.25) is 0 Å². The largest absolute Gasteiger partial charge is 3.00 e. The van der Waals surface area contributed by atoms with Crippen molar-refractivity contribution in [3.05, 3.63) is 0 Å². The molecule has 0 heterocycles. The standard InChI is InChI=1S/3C16H33O2.Al/c3*1-2-3-4-5-6-7-8-9-10-11-12-13-14-15-16(17)18;/h3*16-17H,2-15H2,1H3;/q3*-1;+3. The van der Waals surface area contributed by atoms with Crippen LogP contribution in [0.1, 0.15) is 290 Å². The van der Waals surface area contributed by atoms with Gasteiger partial charge in [0.25, 0.3) is 0 Å². The van der Waals surface area contributed by atoms with Crippen molar-refractivity contribution in [2.45, 2.75) is 309 Å². The number of hydrogen-bond donors (Lipinski definition) is 3. The summed E-state index contributed by atoms with van der Waals surface area (Å²) in [5.41, 5.74) is 0. The van der Waals surface area contributed by atoms with Crippen LogP contribution in [0.15, 0.2) is 0 Å². The first-order valence-corrected chi connectivity index (χ1v) is 24.3. The molecule has 0 aromatic rings. The van der Waals surface area contributed by atoms with Gasteiger partial charge >= 0.3 is 17.4 Å². The molecule has 0 radical (unpaired) electrons. The van der Waals surface area contributed by atoms with E-state index in [1.54, 1.807) is 0 Å². The van der Waals surface area contributed by atoms with Gasteiger partial charge in [0, 0.05) is 0 Å². The molecule has 0 saturated carbocycles. The molecule has 0 bridgehead atoms. The molecule has 55 heavy (non-hydrogen) atoms. The second-order valence-electron chi connectivity index (χ2n) is 16.5. The van der Waals surface area contributed by atoms with E-state index in [0.717, 1.165) is 38.5 Å². The van der Waals surface area contributed by atoms with Crippen LogP contribution in [0.5, 0.6) is 0 Å². The second kappa shape index (κ2) is 58.6. The minimum Gasteiger partial charge on any atom is -0.831 e. The van der Waals surface area contributed by atoms with Crippen LogP contribution >= 0.6 is 0 Å². The first kappa shape index (κ1) is 61.9. The van der Waals surface area contributed by atoms with Crippen LogP contribution in [0, 0.1) is 0 Å². The van der Waals surface area contributed by atoms with Crippen LogP contribution in [-0.4, -0.2) is 51.6 Å². The second-order valence-corrected chi connectivity index (χ2v) is 16.5. The predicted molar refractivity (Wildman–Crippen MR) is 235 cm³/mol. The summed E-state index contributed by atoms with van der Waals surface area (Å²) in [5.74, 6) is 0. The van der Waals surface area contributed by atoms with Crippen molar-refractivity contribution in [1.29, 1.82) is 0 Å². The van der Waals surface area contributed by atoms with E-state index in [1.807, 2.05) is 0 Å². The Hall–Kier alpha value is 0.292. The van der Waals surface area contributed by atoms with E-state index < -0.39 is 18.9 Å². The van der Waals surface area contributed by atoms with Gasteiger partial charge in [-0.2, -0.15) is 0 Å². The smallest absolute Gasteiger partial charge is 0.831 e. The molecule has 0 fully saturated rings. The molecule has 0 rings (SSSR count). The molecule has 0 aliphatic rings. The molecule has 7 heteroatoms. The van der Waals surface area contributed by atoms with Crippen molar-refractivity contribution in [2.24, 2.45) is 0 Å². The third kappa shape index (κ3) is 72.4. The number of aliphatic hydroxyl groups excluding tert-OH is 3. The van der Waals surface area contributed by atoms with Gasteiger partial charge in [0.1, 0.15) is 0 Å². The summed E-state index contributed by atoms with van der Waals surface area (Å²) in [6.45, 7) is 6.79. The van der Waals surface area contributed by atoms with Gasteiger partial charge in [0.05, 0.1) is 0 Å². The van der Waals surface area contributed by atoms with Gasteiger partial charge in [-0.1, -0.05) is 271 Å².